The molecule has 2 amide bonds. The van der Waals surface area contributed by atoms with Crippen LogP contribution in [0.3, 0.4) is 0 Å². The molecule has 7 rings (SSSR count). The number of amides is 2. The Morgan fingerprint density at radius 3 is 2.12 bits per heavy atom. The summed E-state index contributed by atoms with van der Waals surface area (Å²) in [6.07, 6.45) is 8.47. The monoisotopic (exact) mass is 455 g/mol. The third kappa shape index (κ3) is 3.58. The molecule has 33 heavy (non-hydrogen) atoms. The third-order valence-corrected chi connectivity index (χ3v) is 9.15. The van der Waals surface area contributed by atoms with E-state index in [1.54, 1.807) is 11.0 Å². The summed E-state index contributed by atoms with van der Waals surface area (Å²) in [5, 5.41) is 3.49. The molecule has 4 bridgehead atoms. The molecule has 6 fully saturated rings. The van der Waals surface area contributed by atoms with E-state index in [0.717, 1.165) is 55.5 Å². The van der Waals surface area contributed by atoms with Crippen molar-refractivity contribution >= 4 is 17.7 Å². The number of rotatable bonds is 4. The minimum absolute atomic E-state index is 0.0443. The fourth-order valence-corrected chi connectivity index (χ4v) is 7.73. The van der Waals surface area contributed by atoms with Crippen LogP contribution < -0.4 is 10.2 Å². The summed E-state index contributed by atoms with van der Waals surface area (Å²) in [5.41, 5.74) is 0.604. The van der Waals surface area contributed by atoms with Gasteiger partial charge in [0.15, 0.2) is 0 Å². The normalized spacial score (nSPS) is 33.7. The minimum atomic E-state index is -0.699. The van der Waals surface area contributed by atoms with Gasteiger partial charge in [0.1, 0.15) is 5.82 Å². The molecule has 1 aromatic rings. The van der Waals surface area contributed by atoms with Crippen LogP contribution in [0.2, 0.25) is 0 Å². The SMILES string of the molecule is COC(=O)N1CCN(c2ccc(C3(C(=O)NC45CC6CC(CC(C6)C4)C5)CC3)c(F)c2)CC1. The van der Waals surface area contributed by atoms with Gasteiger partial charge in [-0.15, -0.1) is 0 Å². The van der Waals surface area contributed by atoms with Gasteiger partial charge < -0.3 is 19.9 Å². The number of piperazine rings is 1. The highest BCUT2D eigenvalue weighted by Crippen LogP contribution is 2.57. The predicted molar refractivity (Wildman–Crippen MR) is 123 cm³/mol. The smallest absolute Gasteiger partial charge is 0.409 e. The van der Waals surface area contributed by atoms with E-state index in [1.165, 1.54) is 26.4 Å². The van der Waals surface area contributed by atoms with E-state index in [9.17, 15) is 9.59 Å². The first-order chi connectivity index (χ1) is 15.9. The topological polar surface area (TPSA) is 61.9 Å². The van der Waals surface area contributed by atoms with Gasteiger partial charge in [0, 0.05) is 43.0 Å². The van der Waals surface area contributed by atoms with Gasteiger partial charge in [-0.25, -0.2) is 9.18 Å². The maximum Gasteiger partial charge on any atom is 0.409 e. The maximum atomic E-state index is 15.4. The number of benzene rings is 1. The van der Waals surface area contributed by atoms with Gasteiger partial charge in [-0.2, -0.15) is 0 Å². The molecule has 0 spiro atoms. The molecule has 0 unspecified atom stereocenters. The molecular formula is C26H34FN3O3. The number of halogens is 1. The Hall–Kier alpha value is -2.31. The van der Waals surface area contributed by atoms with Crippen molar-refractivity contribution in [3.8, 4) is 0 Å². The van der Waals surface area contributed by atoms with Crippen molar-refractivity contribution in [2.24, 2.45) is 17.8 Å². The standard InChI is InChI=1S/C26H34FN3O3/c1-33-24(32)30-8-6-29(7-9-30)20-2-3-21(22(27)13-20)26(4-5-26)23(31)28-25-14-17-10-18(15-25)12-19(11-17)16-25/h2-3,13,17-19H,4-12,14-16H2,1H3,(H,28,31). The predicted octanol–water partition coefficient (Wildman–Crippen LogP) is 3.83. The molecule has 1 aromatic carbocycles. The van der Waals surface area contributed by atoms with Crippen LogP contribution in [0.25, 0.3) is 0 Å². The molecule has 6 aliphatic rings. The summed E-state index contributed by atoms with van der Waals surface area (Å²) in [6.45, 7) is 2.36. The van der Waals surface area contributed by atoms with Crippen molar-refractivity contribution in [3.63, 3.8) is 0 Å². The summed E-state index contributed by atoms with van der Waals surface area (Å²) >= 11 is 0. The first kappa shape index (κ1) is 21.2. The van der Waals surface area contributed by atoms with Crippen LogP contribution >= 0.6 is 0 Å². The van der Waals surface area contributed by atoms with Crippen LogP contribution in [0.4, 0.5) is 14.9 Å². The number of methoxy groups -OCH3 is 1. The summed E-state index contributed by atoms with van der Waals surface area (Å²) in [7, 11) is 1.38. The summed E-state index contributed by atoms with van der Waals surface area (Å²) in [5.74, 6) is 2.05. The van der Waals surface area contributed by atoms with Crippen molar-refractivity contribution in [2.45, 2.75) is 62.3 Å². The first-order valence-corrected chi connectivity index (χ1v) is 12.6. The highest BCUT2D eigenvalue weighted by molar-refractivity contribution is 5.92. The number of ether oxygens (including phenoxy) is 1. The van der Waals surface area contributed by atoms with Gasteiger partial charge in [-0.3, -0.25) is 4.79 Å². The number of nitrogens with zero attached hydrogens (tertiary/aromatic N) is 2. The van der Waals surface area contributed by atoms with Crippen molar-refractivity contribution in [1.29, 1.82) is 0 Å². The molecule has 7 heteroatoms. The lowest BCUT2D eigenvalue weighted by molar-refractivity contribution is -0.129. The van der Waals surface area contributed by atoms with Crippen LogP contribution in [-0.4, -0.2) is 55.7 Å². The van der Waals surface area contributed by atoms with Crippen LogP contribution in [0.15, 0.2) is 18.2 Å². The summed E-state index contributed by atoms with van der Waals surface area (Å²) in [6, 6.07) is 5.33. The number of hydrogen-bond donors (Lipinski definition) is 1. The molecule has 0 aromatic heterocycles. The molecule has 5 aliphatic carbocycles. The fraction of sp³-hybridized carbons (Fsp3) is 0.692. The molecule has 0 atom stereocenters. The van der Waals surface area contributed by atoms with E-state index >= 15 is 4.39 Å². The Morgan fingerprint density at radius 2 is 1.61 bits per heavy atom. The maximum absolute atomic E-state index is 15.4. The number of carbonyl (C=O) groups excluding carboxylic acids is 2. The average molecular weight is 456 g/mol. The highest BCUT2D eigenvalue weighted by Gasteiger charge is 2.57. The molecule has 1 aliphatic heterocycles. The second-order valence-corrected chi connectivity index (χ2v) is 11.3. The second kappa shape index (κ2) is 7.60. The van der Waals surface area contributed by atoms with Crippen molar-refractivity contribution in [1.82, 2.24) is 10.2 Å². The Morgan fingerprint density at radius 1 is 1.00 bits per heavy atom. The van der Waals surface area contributed by atoms with Crippen LogP contribution in [-0.2, 0) is 14.9 Å². The van der Waals surface area contributed by atoms with E-state index < -0.39 is 5.41 Å². The fourth-order valence-electron chi connectivity index (χ4n) is 7.73. The Bertz CT molecular complexity index is 932. The molecule has 1 N–H and O–H groups in total. The van der Waals surface area contributed by atoms with Crippen LogP contribution in [0.1, 0.15) is 56.9 Å². The summed E-state index contributed by atoms with van der Waals surface area (Å²) in [4.78, 5) is 29.0. The van der Waals surface area contributed by atoms with Crippen molar-refractivity contribution in [2.75, 3.05) is 38.2 Å². The zero-order valence-corrected chi connectivity index (χ0v) is 19.4. The molecule has 0 radical (unpaired) electrons. The Labute approximate surface area is 194 Å². The number of hydrogen-bond acceptors (Lipinski definition) is 4. The largest absolute Gasteiger partial charge is 0.453 e. The number of anilines is 1. The van der Waals surface area contributed by atoms with Gasteiger partial charge in [-0.1, -0.05) is 6.07 Å². The zero-order chi connectivity index (χ0) is 22.8. The van der Waals surface area contributed by atoms with E-state index in [2.05, 4.69) is 10.2 Å². The van der Waals surface area contributed by atoms with Gasteiger partial charge in [0.2, 0.25) is 5.91 Å². The molecule has 5 saturated carbocycles. The van der Waals surface area contributed by atoms with Gasteiger partial charge in [-0.05, 0) is 81.3 Å². The van der Waals surface area contributed by atoms with Crippen LogP contribution in [0, 0.1) is 23.6 Å². The van der Waals surface area contributed by atoms with E-state index in [-0.39, 0.29) is 23.4 Å². The minimum Gasteiger partial charge on any atom is -0.453 e. The third-order valence-electron chi connectivity index (χ3n) is 9.15. The zero-order valence-electron chi connectivity index (χ0n) is 19.4. The van der Waals surface area contributed by atoms with E-state index in [4.69, 9.17) is 4.74 Å². The van der Waals surface area contributed by atoms with Crippen molar-refractivity contribution < 1.29 is 18.7 Å². The van der Waals surface area contributed by atoms with Gasteiger partial charge in [0.05, 0.1) is 12.5 Å². The quantitative estimate of drug-likeness (QED) is 0.750. The van der Waals surface area contributed by atoms with Gasteiger partial charge in [0.25, 0.3) is 0 Å². The molecular weight excluding hydrogens is 421 g/mol. The Balaban J connectivity index is 1.16. The number of nitrogens with one attached hydrogen (secondary N) is 1. The Kier molecular flexibility index (Phi) is 4.89. The van der Waals surface area contributed by atoms with Crippen molar-refractivity contribution in [3.05, 3.63) is 29.6 Å². The average Bonchev–Trinajstić information content (AvgIpc) is 3.59. The van der Waals surface area contributed by atoms with E-state index in [1.807, 2.05) is 12.1 Å². The molecule has 1 heterocycles. The first-order valence-electron chi connectivity index (χ1n) is 12.6. The second-order valence-electron chi connectivity index (χ2n) is 11.3. The van der Waals surface area contributed by atoms with Gasteiger partial charge >= 0.3 is 6.09 Å². The lowest BCUT2D eigenvalue weighted by atomic mass is 9.53. The highest BCUT2D eigenvalue weighted by atomic mass is 19.1. The van der Waals surface area contributed by atoms with Crippen LogP contribution in [0.5, 0.6) is 0 Å². The van der Waals surface area contributed by atoms with E-state index in [0.29, 0.717) is 31.7 Å². The molecule has 178 valence electrons. The summed E-state index contributed by atoms with van der Waals surface area (Å²) < 4.78 is 20.2. The molecule has 6 nitrogen and oxygen atoms in total. The lowest BCUT2D eigenvalue weighted by Gasteiger charge is -2.57. The number of carbonyl (C=O) groups is 2. The lowest BCUT2D eigenvalue weighted by Crippen LogP contribution is -2.61. The molecule has 1 saturated heterocycles.